The van der Waals surface area contributed by atoms with Crippen LogP contribution in [-0.4, -0.2) is 23.5 Å². The fourth-order valence-corrected chi connectivity index (χ4v) is 2.95. The average molecular weight is 327 g/mol. The molecule has 0 aromatic rings. The first-order valence-electron chi connectivity index (χ1n) is 10.1. The first-order chi connectivity index (χ1) is 11.2. The van der Waals surface area contributed by atoms with Crippen molar-refractivity contribution in [1.82, 2.24) is 5.73 Å². The van der Waals surface area contributed by atoms with E-state index in [9.17, 15) is 4.79 Å². The third-order valence-electron chi connectivity index (χ3n) is 4.60. The summed E-state index contributed by atoms with van der Waals surface area (Å²) in [6, 6.07) is -0.915. The Bertz CT molecular complexity index is 256. The minimum Gasteiger partial charge on any atom is -0.394 e. The summed E-state index contributed by atoms with van der Waals surface area (Å²) >= 11 is 0. The van der Waals surface area contributed by atoms with E-state index in [1.807, 2.05) is 0 Å². The Balaban J connectivity index is 3.09. The van der Waals surface area contributed by atoms with Crippen molar-refractivity contribution in [3.8, 4) is 0 Å². The maximum atomic E-state index is 11.4. The average Bonchev–Trinajstić information content (AvgIpc) is 2.57. The fraction of sp³-hybridized carbons (Fsp3) is 0.950. The van der Waals surface area contributed by atoms with Gasteiger partial charge >= 0.3 is 0 Å². The number of nitrogens with one attached hydrogen (secondary N) is 1. The van der Waals surface area contributed by atoms with Crippen LogP contribution in [0.2, 0.25) is 0 Å². The minimum atomic E-state index is -0.915. The number of aliphatic hydroxyl groups is 1. The lowest BCUT2D eigenvalue weighted by molar-refractivity contribution is -0.121. The smallest absolute Gasteiger partial charge is 0.153 e. The largest absolute Gasteiger partial charge is 0.394 e. The van der Waals surface area contributed by atoms with E-state index in [0.717, 1.165) is 12.8 Å². The summed E-state index contributed by atoms with van der Waals surface area (Å²) in [6.45, 7) is 1.93. The van der Waals surface area contributed by atoms with Crippen molar-refractivity contribution in [3.05, 3.63) is 0 Å². The van der Waals surface area contributed by atoms with Gasteiger partial charge in [0.05, 0.1) is 6.61 Å². The number of unbranched alkanes of at least 4 members (excludes halogenated alkanes) is 14. The lowest BCUT2D eigenvalue weighted by Gasteiger charge is -2.06. The summed E-state index contributed by atoms with van der Waals surface area (Å²) in [4.78, 5) is 11.4. The zero-order valence-corrected chi connectivity index (χ0v) is 15.5. The van der Waals surface area contributed by atoms with Crippen molar-refractivity contribution in [1.29, 1.82) is 0 Å². The quantitative estimate of drug-likeness (QED) is 0.340. The molecule has 0 aliphatic heterocycles. The standard InChI is InChI=1S/C20H40NO2/c1-2-3-4-5-6-7-8-9-10-11-12-13-14-15-16-17-20(23)19(21)18-22/h19,21-22H,2-18H2,1H3. The highest BCUT2D eigenvalue weighted by molar-refractivity contribution is 5.83. The molecule has 0 saturated carbocycles. The van der Waals surface area contributed by atoms with E-state index in [1.54, 1.807) is 0 Å². The number of hydrogen-bond acceptors (Lipinski definition) is 2. The van der Waals surface area contributed by atoms with E-state index in [4.69, 9.17) is 10.8 Å². The van der Waals surface area contributed by atoms with Crippen LogP contribution in [0.1, 0.15) is 110 Å². The molecule has 0 aromatic carbocycles. The molecular weight excluding hydrogens is 286 g/mol. The monoisotopic (exact) mass is 326 g/mol. The van der Waals surface area contributed by atoms with Crippen molar-refractivity contribution < 1.29 is 9.90 Å². The van der Waals surface area contributed by atoms with Gasteiger partial charge in [0.15, 0.2) is 5.78 Å². The molecule has 2 N–H and O–H groups in total. The molecule has 0 spiro atoms. The second-order valence-electron chi connectivity index (χ2n) is 6.90. The zero-order chi connectivity index (χ0) is 17.2. The van der Waals surface area contributed by atoms with Crippen LogP contribution >= 0.6 is 0 Å². The molecule has 1 unspecified atom stereocenters. The number of rotatable bonds is 18. The summed E-state index contributed by atoms with van der Waals surface area (Å²) in [6.07, 6.45) is 20.2. The molecule has 0 saturated heterocycles. The first-order valence-corrected chi connectivity index (χ1v) is 10.1. The van der Waals surface area contributed by atoms with Gasteiger partial charge in [-0.15, -0.1) is 0 Å². The van der Waals surface area contributed by atoms with Crippen molar-refractivity contribution in [2.45, 2.75) is 116 Å². The highest BCUT2D eigenvalue weighted by Gasteiger charge is 2.11. The van der Waals surface area contributed by atoms with Gasteiger partial charge in [0.2, 0.25) is 0 Å². The third-order valence-corrected chi connectivity index (χ3v) is 4.60. The van der Waals surface area contributed by atoms with E-state index in [2.05, 4.69) is 6.92 Å². The molecule has 0 fully saturated rings. The van der Waals surface area contributed by atoms with E-state index >= 15 is 0 Å². The molecule has 0 heterocycles. The molecule has 3 nitrogen and oxygen atoms in total. The Morgan fingerprint density at radius 1 is 0.739 bits per heavy atom. The molecule has 0 amide bonds. The van der Waals surface area contributed by atoms with Crippen molar-refractivity contribution in [2.75, 3.05) is 6.61 Å². The van der Waals surface area contributed by atoms with E-state index in [0.29, 0.717) is 6.42 Å². The maximum Gasteiger partial charge on any atom is 0.153 e. The Morgan fingerprint density at radius 2 is 1.09 bits per heavy atom. The van der Waals surface area contributed by atoms with E-state index in [-0.39, 0.29) is 12.4 Å². The fourth-order valence-electron chi connectivity index (χ4n) is 2.95. The van der Waals surface area contributed by atoms with Crippen LogP contribution in [0.25, 0.3) is 0 Å². The molecule has 0 rings (SSSR count). The zero-order valence-electron chi connectivity index (χ0n) is 15.5. The lowest BCUT2D eigenvalue weighted by atomic mass is 10.0. The van der Waals surface area contributed by atoms with E-state index < -0.39 is 6.04 Å². The van der Waals surface area contributed by atoms with Gasteiger partial charge in [0, 0.05) is 6.42 Å². The molecule has 0 bridgehead atoms. The molecule has 23 heavy (non-hydrogen) atoms. The topological polar surface area (TPSA) is 61.1 Å². The number of carbonyl (C=O) groups excluding carboxylic acids is 1. The number of ketones is 1. The number of aliphatic hydroxyl groups excluding tert-OH is 1. The SMILES string of the molecule is CCCCCCCCCCCCCCCCCC(=O)C([NH])CO. The predicted molar refractivity (Wildman–Crippen MR) is 98.5 cm³/mol. The van der Waals surface area contributed by atoms with E-state index in [1.165, 1.54) is 83.5 Å². The summed E-state index contributed by atoms with van der Waals surface area (Å²) in [5, 5.41) is 8.72. The minimum absolute atomic E-state index is 0.109. The molecule has 137 valence electrons. The van der Waals surface area contributed by atoms with Gasteiger partial charge in [-0.05, 0) is 6.42 Å². The molecule has 0 aliphatic carbocycles. The number of hydrogen-bond donors (Lipinski definition) is 1. The number of carbonyl (C=O) groups is 1. The van der Waals surface area contributed by atoms with Crippen LogP contribution in [0.15, 0.2) is 0 Å². The van der Waals surface area contributed by atoms with Crippen LogP contribution in [0.3, 0.4) is 0 Å². The van der Waals surface area contributed by atoms with Crippen LogP contribution in [0, 0.1) is 0 Å². The summed E-state index contributed by atoms with van der Waals surface area (Å²) in [5.74, 6) is -0.109. The van der Waals surface area contributed by atoms with Crippen molar-refractivity contribution in [2.24, 2.45) is 0 Å². The summed E-state index contributed by atoms with van der Waals surface area (Å²) in [7, 11) is 0. The summed E-state index contributed by atoms with van der Waals surface area (Å²) < 4.78 is 0. The van der Waals surface area contributed by atoms with Crippen LogP contribution in [0.5, 0.6) is 0 Å². The summed E-state index contributed by atoms with van der Waals surface area (Å²) in [5.41, 5.74) is 7.31. The third kappa shape index (κ3) is 16.2. The van der Waals surface area contributed by atoms with Gasteiger partial charge in [0.25, 0.3) is 0 Å². The Kier molecular flexibility index (Phi) is 17.6. The maximum absolute atomic E-state index is 11.4. The van der Waals surface area contributed by atoms with Gasteiger partial charge in [-0.1, -0.05) is 96.8 Å². The Labute approximate surface area is 144 Å². The lowest BCUT2D eigenvalue weighted by Crippen LogP contribution is -2.25. The highest BCUT2D eigenvalue weighted by atomic mass is 16.3. The van der Waals surface area contributed by atoms with Crippen LogP contribution < -0.4 is 5.73 Å². The molecule has 0 aromatic heterocycles. The molecule has 0 aliphatic rings. The van der Waals surface area contributed by atoms with Gasteiger partial charge < -0.3 is 5.11 Å². The second-order valence-corrected chi connectivity index (χ2v) is 6.90. The molecule has 1 atom stereocenters. The van der Waals surface area contributed by atoms with Crippen molar-refractivity contribution >= 4 is 5.78 Å². The second kappa shape index (κ2) is 17.9. The number of Topliss-reactive ketones (excluding diaryl/α,β-unsaturated/α-hetero) is 1. The van der Waals surface area contributed by atoms with Gasteiger partial charge in [-0.3, -0.25) is 4.79 Å². The molecule has 1 radical (unpaired) electrons. The Hall–Kier alpha value is -0.410. The highest BCUT2D eigenvalue weighted by Crippen LogP contribution is 2.13. The predicted octanol–water partition coefficient (Wildman–Crippen LogP) is 5.46. The van der Waals surface area contributed by atoms with Gasteiger partial charge in [-0.2, -0.15) is 0 Å². The molecular formula is C20H40NO2. The van der Waals surface area contributed by atoms with Crippen LogP contribution in [-0.2, 0) is 4.79 Å². The van der Waals surface area contributed by atoms with Crippen molar-refractivity contribution in [3.63, 3.8) is 0 Å². The first kappa shape index (κ1) is 22.6. The normalized spacial score (nSPS) is 12.5. The Morgan fingerprint density at radius 3 is 1.43 bits per heavy atom. The van der Waals surface area contributed by atoms with Gasteiger partial charge in [0.1, 0.15) is 6.04 Å². The van der Waals surface area contributed by atoms with Gasteiger partial charge in [-0.25, -0.2) is 5.73 Å². The van der Waals surface area contributed by atoms with Crippen LogP contribution in [0.4, 0.5) is 0 Å². The molecule has 3 heteroatoms.